The first-order chi connectivity index (χ1) is 5.58. The van der Waals surface area contributed by atoms with Crippen LogP contribution in [0.25, 0.3) is 0 Å². The summed E-state index contributed by atoms with van der Waals surface area (Å²) in [7, 11) is 0. The van der Waals surface area contributed by atoms with Gasteiger partial charge in [0.2, 0.25) is 0 Å². The number of morpholine rings is 1. The third-order valence-electron chi connectivity index (χ3n) is 1.44. The van der Waals surface area contributed by atoms with Crippen molar-refractivity contribution in [3.8, 4) is 0 Å². The van der Waals surface area contributed by atoms with E-state index in [9.17, 15) is 13.2 Å². The zero-order valence-electron chi connectivity index (χ0n) is 6.36. The second kappa shape index (κ2) is 4.06. The van der Waals surface area contributed by atoms with Crippen LogP contribution < -0.4 is 5.32 Å². The molecule has 0 unspecified atom stereocenters. The highest BCUT2D eigenvalue weighted by Gasteiger charge is 2.30. The molecular formula is C6H10F3NO2. The quantitative estimate of drug-likeness (QED) is 0.680. The van der Waals surface area contributed by atoms with E-state index in [2.05, 4.69) is 10.1 Å². The van der Waals surface area contributed by atoms with Gasteiger partial charge < -0.3 is 10.1 Å². The lowest BCUT2D eigenvalue weighted by Crippen LogP contribution is -2.42. The molecule has 1 fully saturated rings. The molecule has 0 aromatic carbocycles. The van der Waals surface area contributed by atoms with Gasteiger partial charge >= 0.3 is 6.36 Å². The molecule has 0 aromatic rings. The predicted molar refractivity (Wildman–Crippen MR) is 34.6 cm³/mol. The number of alkyl halides is 3. The van der Waals surface area contributed by atoms with E-state index in [0.717, 1.165) is 0 Å². The van der Waals surface area contributed by atoms with Crippen molar-refractivity contribution in [2.75, 3.05) is 26.3 Å². The van der Waals surface area contributed by atoms with E-state index in [1.807, 2.05) is 0 Å². The molecule has 0 saturated carbocycles. The molecule has 1 atom stereocenters. The van der Waals surface area contributed by atoms with Crippen LogP contribution in [0.5, 0.6) is 0 Å². The second-order valence-electron chi connectivity index (χ2n) is 2.45. The van der Waals surface area contributed by atoms with E-state index in [0.29, 0.717) is 19.7 Å². The zero-order valence-corrected chi connectivity index (χ0v) is 6.36. The average Bonchev–Trinajstić information content (AvgIpc) is 2.02. The van der Waals surface area contributed by atoms with Gasteiger partial charge in [0.15, 0.2) is 0 Å². The Balaban J connectivity index is 2.13. The lowest BCUT2D eigenvalue weighted by molar-refractivity contribution is -0.332. The monoisotopic (exact) mass is 185 g/mol. The Bertz CT molecular complexity index is 133. The number of ether oxygens (including phenoxy) is 2. The highest BCUT2D eigenvalue weighted by Crippen LogP contribution is 2.16. The molecule has 1 heterocycles. The van der Waals surface area contributed by atoms with Crippen LogP contribution in [-0.2, 0) is 9.47 Å². The van der Waals surface area contributed by atoms with Crippen molar-refractivity contribution >= 4 is 0 Å². The van der Waals surface area contributed by atoms with Gasteiger partial charge in [0, 0.05) is 13.1 Å². The van der Waals surface area contributed by atoms with Gasteiger partial charge in [0.1, 0.15) is 0 Å². The van der Waals surface area contributed by atoms with Gasteiger partial charge in [-0.2, -0.15) is 0 Å². The average molecular weight is 185 g/mol. The fourth-order valence-electron chi connectivity index (χ4n) is 0.914. The number of hydrogen-bond acceptors (Lipinski definition) is 3. The summed E-state index contributed by atoms with van der Waals surface area (Å²) < 4.78 is 43.1. The first kappa shape index (κ1) is 9.76. The summed E-state index contributed by atoms with van der Waals surface area (Å²) in [5.41, 5.74) is 0. The minimum absolute atomic E-state index is 0.413. The van der Waals surface area contributed by atoms with Crippen molar-refractivity contribution < 1.29 is 22.6 Å². The Morgan fingerprint density at radius 1 is 1.50 bits per heavy atom. The van der Waals surface area contributed by atoms with E-state index in [1.165, 1.54) is 0 Å². The molecule has 0 spiro atoms. The van der Waals surface area contributed by atoms with Crippen LogP contribution in [0.2, 0.25) is 0 Å². The van der Waals surface area contributed by atoms with E-state index in [-0.39, 0.29) is 0 Å². The first-order valence-corrected chi connectivity index (χ1v) is 3.61. The molecule has 1 aliphatic rings. The highest BCUT2D eigenvalue weighted by atomic mass is 19.4. The minimum Gasteiger partial charge on any atom is -0.373 e. The van der Waals surface area contributed by atoms with Crippen LogP contribution in [0, 0.1) is 0 Å². The molecule has 1 saturated heterocycles. The van der Waals surface area contributed by atoms with Crippen molar-refractivity contribution in [3.05, 3.63) is 0 Å². The summed E-state index contributed by atoms with van der Waals surface area (Å²) in [6, 6.07) is 0. The van der Waals surface area contributed by atoms with Gasteiger partial charge in [-0.05, 0) is 0 Å². The largest absolute Gasteiger partial charge is 0.522 e. The molecule has 0 amide bonds. The molecule has 72 valence electrons. The van der Waals surface area contributed by atoms with Crippen molar-refractivity contribution in [2.24, 2.45) is 0 Å². The molecule has 1 rings (SSSR count). The van der Waals surface area contributed by atoms with Gasteiger partial charge in [-0.3, -0.25) is 4.74 Å². The van der Waals surface area contributed by atoms with Gasteiger partial charge in [0.25, 0.3) is 0 Å². The van der Waals surface area contributed by atoms with Crippen molar-refractivity contribution in [1.82, 2.24) is 5.32 Å². The number of halogens is 3. The van der Waals surface area contributed by atoms with Gasteiger partial charge in [0.05, 0.1) is 19.3 Å². The van der Waals surface area contributed by atoms with Crippen LogP contribution in [0.4, 0.5) is 13.2 Å². The van der Waals surface area contributed by atoms with E-state index >= 15 is 0 Å². The van der Waals surface area contributed by atoms with Gasteiger partial charge in [-0.15, -0.1) is 13.2 Å². The Morgan fingerprint density at radius 3 is 2.75 bits per heavy atom. The summed E-state index contributed by atoms with van der Waals surface area (Å²) in [5, 5.41) is 2.90. The third-order valence-corrected chi connectivity index (χ3v) is 1.44. The van der Waals surface area contributed by atoms with E-state index in [4.69, 9.17) is 4.74 Å². The van der Waals surface area contributed by atoms with E-state index < -0.39 is 19.1 Å². The first-order valence-electron chi connectivity index (χ1n) is 3.61. The molecule has 12 heavy (non-hydrogen) atoms. The maximum Gasteiger partial charge on any atom is 0.522 e. The molecule has 0 radical (unpaired) electrons. The van der Waals surface area contributed by atoms with Crippen LogP contribution in [0.3, 0.4) is 0 Å². The van der Waals surface area contributed by atoms with Crippen LogP contribution in [-0.4, -0.2) is 38.8 Å². The predicted octanol–water partition coefficient (Wildman–Crippen LogP) is 0.511. The van der Waals surface area contributed by atoms with E-state index in [1.54, 1.807) is 0 Å². The van der Waals surface area contributed by atoms with Crippen LogP contribution >= 0.6 is 0 Å². The molecule has 1 aliphatic heterocycles. The Kier molecular flexibility index (Phi) is 3.30. The molecule has 0 bridgehead atoms. The number of rotatable bonds is 2. The lowest BCUT2D eigenvalue weighted by atomic mass is 10.3. The number of hydrogen-bond donors (Lipinski definition) is 1. The minimum atomic E-state index is -4.55. The zero-order chi connectivity index (χ0) is 9.03. The van der Waals surface area contributed by atoms with Crippen LogP contribution in [0.1, 0.15) is 0 Å². The van der Waals surface area contributed by atoms with Crippen molar-refractivity contribution in [1.29, 1.82) is 0 Å². The molecule has 3 nitrogen and oxygen atoms in total. The Morgan fingerprint density at radius 2 is 2.25 bits per heavy atom. The fraction of sp³-hybridized carbons (Fsp3) is 1.00. The van der Waals surface area contributed by atoms with Crippen molar-refractivity contribution in [2.45, 2.75) is 12.5 Å². The molecule has 1 N–H and O–H groups in total. The lowest BCUT2D eigenvalue weighted by Gasteiger charge is -2.23. The maximum absolute atomic E-state index is 11.5. The van der Waals surface area contributed by atoms with Gasteiger partial charge in [-0.25, -0.2) is 0 Å². The van der Waals surface area contributed by atoms with Crippen LogP contribution in [0.15, 0.2) is 0 Å². The molecule has 0 aromatic heterocycles. The standard InChI is InChI=1S/C6H10F3NO2/c7-6(8,9)12-4-5-3-10-1-2-11-5/h5,10H,1-4H2/t5-/m1/s1. The number of nitrogens with one attached hydrogen (secondary N) is 1. The summed E-state index contributed by atoms with van der Waals surface area (Å²) in [6.07, 6.45) is -5.04. The Labute approximate surface area is 67.8 Å². The summed E-state index contributed by atoms with van der Waals surface area (Å²) >= 11 is 0. The SMILES string of the molecule is FC(F)(F)OC[C@H]1CNCCO1. The molecule has 0 aliphatic carbocycles. The second-order valence-corrected chi connectivity index (χ2v) is 2.45. The Hall–Kier alpha value is -0.330. The molecule has 6 heteroatoms. The summed E-state index contributed by atoms with van der Waals surface area (Å²) in [4.78, 5) is 0. The highest BCUT2D eigenvalue weighted by molar-refractivity contribution is 4.65. The van der Waals surface area contributed by atoms with Gasteiger partial charge in [-0.1, -0.05) is 0 Å². The molecular weight excluding hydrogens is 175 g/mol. The van der Waals surface area contributed by atoms with Crippen molar-refractivity contribution in [3.63, 3.8) is 0 Å². The normalized spacial score (nSPS) is 25.8. The fourth-order valence-corrected chi connectivity index (χ4v) is 0.914. The summed E-state index contributed by atoms with van der Waals surface area (Å²) in [5.74, 6) is 0. The topological polar surface area (TPSA) is 30.5 Å². The smallest absolute Gasteiger partial charge is 0.373 e. The maximum atomic E-state index is 11.5. The summed E-state index contributed by atoms with van der Waals surface area (Å²) in [6.45, 7) is 1.10. The third kappa shape index (κ3) is 3.89.